The maximum atomic E-state index is 5.76. The lowest BCUT2D eigenvalue weighted by molar-refractivity contribution is 0.295. The number of aryl methyl sites for hydroxylation is 1. The molecule has 0 unspecified atom stereocenters. The van der Waals surface area contributed by atoms with Gasteiger partial charge in [0.1, 0.15) is 5.75 Å². The van der Waals surface area contributed by atoms with Crippen molar-refractivity contribution in [2.24, 2.45) is 0 Å². The lowest BCUT2D eigenvalue weighted by Gasteiger charge is -2.09. The largest absolute Gasteiger partial charge is 0.477 e. The van der Waals surface area contributed by atoms with Gasteiger partial charge in [0, 0.05) is 17.1 Å². The first-order chi connectivity index (χ1) is 16.3. The monoisotopic (exact) mass is 466 g/mol. The van der Waals surface area contributed by atoms with Gasteiger partial charge in [-0.3, -0.25) is 5.43 Å². The summed E-state index contributed by atoms with van der Waals surface area (Å²) in [4.78, 5) is 4.48. The van der Waals surface area contributed by atoms with Gasteiger partial charge in [0.05, 0.1) is 0 Å². The zero-order valence-corrected chi connectivity index (χ0v) is 20.7. The summed E-state index contributed by atoms with van der Waals surface area (Å²) in [6, 6.07) is 18.4. The van der Waals surface area contributed by atoms with Gasteiger partial charge in [-0.15, -0.1) is 0 Å². The normalized spacial score (nSPS) is 10.9. The summed E-state index contributed by atoms with van der Waals surface area (Å²) in [6.07, 6.45) is 14.9. The lowest BCUT2D eigenvalue weighted by Crippen LogP contribution is -2.26. The number of ether oxygens (including phenoxy) is 1. The summed E-state index contributed by atoms with van der Waals surface area (Å²) in [7, 11) is 0. The van der Waals surface area contributed by atoms with E-state index in [4.69, 9.17) is 4.74 Å². The van der Waals surface area contributed by atoms with Gasteiger partial charge in [0.25, 0.3) is 0 Å². The average molecular weight is 467 g/mol. The number of benzene rings is 2. The molecule has 0 aliphatic carbocycles. The second-order valence-corrected chi connectivity index (χ2v) is 9.21. The first kappa shape index (κ1) is 25.2. The van der Waals surface area contributed by atoms with Crippen molar-refractivity contribution in [1.82, 2.24) is 14.8 Å². The molecule has 0 bridgehead atoms. The molecule has 3 rings (SSSR count). The Kier molecular flexibility index (Phi) is 11.8. The Morgan fingerprint density at radius 1 is 0.788 bits per heavy atom. The maximum Gasteiger partial charge on any atom is 0.217 e. The van der Waals surface area contributed by atoms with Crippen molar-refractivity contribution in [3.05, 3.63) is 60.2 Å². The second-order valence-electron chi connectivity index (χ2n) is 8.46. The summed E-state index contributed by atoms with van der Waals surface area (Å²) < 4.78 is 10.1. The summed E-state index contributed by atoms with van der Waals surface area (Å²) in [5.74, 6) is 1.59. The Morgan fingerprint density at radius 2 is 1.45 bits per heavy atom. The molecule has 0 saturated carbocycles. The van der Waals surface area contributed by atoms with E-state index >= 15 is 0 Å². The van der Waals surface area contributed by atoms with Crippen LogP contribution < -0.4 is 15.6 Å². The van der Waals surface area contributed by atoms with Gasteiger partial charge in [-0.05, 0) is 30.5 Å². The molecular weight excluding hydrogens is 428 g/mol. The van der Waals surface area contributed by atoms with Crippen LogP contribution >= 0.6 is 11.5 Å². The number of nitrogens with zero attached hydrogens (tertiary/aromatic N) is 2. The fraction of sp³-hybridized carbons (Fsp3) is 0.481. The van der Waals surface area contributed by atoms with Crippen LogP contribution in [0.5, 0.6) is 5.75 Å². The van der Waals surface area contributed by atoms with Crippen LogP contribution in [0.15, 0.2) is 54.6 Å². The summed E-state index contributed by atoms with van der Waals surface area (Å²) in [6.45, 7) is 2.62. The van der Waals surface area contributed by atoms with E-state index in [0.29, 0.717) is 11.9 Å². The molecule has 178 valence electrons. The van der Waals surface area contributed by atoms with Crippen LogP contribution in [0, 0.1) is 0 Å². The van der Waals surface area contributed by atoms with E-state index in [0.717, 1.165) is 23.6 Å². The number of anilines is 1. The molecule has 6 heteroatoms. The predicted molar refractivity (Wildman–Crippen MR) is 140 cm³/mol. The van der Waals surface area contributed by atoms with Crippen molar-refractivity contribution in [2.75, 3.05) is 12.2 Å². The van der Waals surface area contributed by atoms with Crippen molar-refractivity contribution in [1.29, 1.82) is 0 Å². The van der Waals surface area contributed by atoms with E-state index in [1.54, 1.807) is 0 Å². The van der Waals surface area contributed by atoms with Crippen LogP contribution in [0.25, 0.3) is 11.4 Å². The summed E-state index contributed by atoms with van der Waals surface area (Å²) in [5.41, 5.74) is 8.48. The number of hydrogen-bond acceptors (Lipinski definition) is 6. The quantitative estimate of drug-likeness (QED) is 0.122. The Hall–Kier alpha value is -2.44. The zero-order chi connectivity index (χ0) is 23.0. The third kappa shape index (κ3) is 9.93. The first-order valence-corrected chi connectivity index (χ1v) is 13.2. The molecule has 2 N–H and O–H groups in total. The minimum Gasteiger partial charge on any atom is -0.477 e. The molecule has 0 aliphatic heterocycles. The highest BCUT2D eigenvalue weighted by Crippen LogP contribution is 2.20. The summed E-state index contributed by atoms with van der Waals surface area (Å²) in [5, 5.41) is 0.712. The minimum atomic E-state index is 0.345. The lowest BCUT2D eigenvalue weighted by atomic mass is 10.0. The molecule has 0 fully saturated rings. The standard InChI is InChI=1S/C27H38N4OS/c1-2-3-4-5-6-7-8-9-10-12-15-23-18-20-25(21-19-23)32-22-28-30-27-29-26(31-33-27)24-16-13-11-14-17-24/h11,13-14,16-21,28H,2-10,12,15,22H2,1H3,(H,29,30,31). The van der Waals surface area contributed by atoms with Crippen molar-refractivity contribution >= 4 is 16.7 Å². The maximum absolute atomic E-state index is 5.76. The van der Waals surface area contributed by atoms with E-state index < -0.39 is 0 Å². The van der Waals surface area contributed by atoms with E-state index in [1.165, 1.54) is 81.3 Å². The van der Waals surface area contributed by atoms with Crippen molar-refractivity contribution in [2.45, 2.75) is 77.6 Å². The fourth-order valence-corrected chi connectivity index (χ4v) is 4.34. The van der Waals surface area contributed by atoms with Crippen molar-refractivity contribution in [3.63, 3.8) is 0 Å². The van der Waals surface area contributed by atoms with E-state index in [2.05, 4.69) is 39.3 Å². The SMILES string of the molecule is CCCCCCCCCCCCc1ccc(OCNNc2nc(-c3ccccc3)ns2)cc1. The van der Waals surface area contributed by atoms with Gasteiger partial charge >= 0.3 is 0 Å². The highest BCUT2D eigenvalue weighted by molar-refractivity contribution is 7.09. The highest BCUT2D eigenvalue weighted by atomic mass is 32.1. The number of nitrogens with one attached hydrogen (secondary N) is 2. The molecule has 5 nitrogen and oxygen atoms in total. The fourth-order valence-electron chi connectivity index (χ4n) is 3.78. The molecule has 0 amide bonds. The first-order valence-electron chi connectivity index (χ1n) is 12.4. The van der Waals surface area contributed by atoms with Gasteiger partial charge in [0.2, 0.25) is 5.13 Å². The molecule has 0 atom stereocenters. The van der Waals surface area contributed by atoms with Crippen molar-refractivity contribution in [3.8, 4) is 17.1 Å². The third-order valence-corrected chi connectivity index (χ3v) is 6.34. The topological polar surface area (TPSA) is 59.1 Å². The molecule has 33 heavy (non-hydrogen) atoms. The van der Waals surface area contributed by atoms with Gasteiger partial charge in [-0.1, -0.05) is 107 Å². The smallest absolute Gasteiger partial charge is 0.217 e. The van der Waals surface area contributed by atoms with E-state index in [1.807, 2.05) is 42.5 Å². The number of rotatable bonds is 17. The molecule has 0 spiro atoms. The molecule has 2 aromatic carbocycles. The Labute approximate surface area is 203 Å². The number of unbranched alkanes of at least 4 members (excludes halogenated alkanes) is 9. The van der Waals surface area contributed by atoms with Gasteiger partial charge < -0.3 is 4.74 Å². The molecule has 0 saturated heterocycles. The Morgan fingerprint density at radius 3 is 2.15 bits per heavy atom. The predicted octanol–water partition coefficient (Wildman–Crippen LogP) is 7.62. The molecule has 1 heterocycles. The molecule has 0 radical (unpaired) electrons. The zero-order valence-electron chi connectivity index (χ0n) is 19.9. The van der Waals surface area contributed by atoms with Crippen molar-refractivity contribution < 1.29 is 4.74 Å². The molecular formula is C27H38N4OS. The minimum absolute atomic E-state index is 0.345. The van der Waals surface area contributed by atoms with Crippen LogP contribution in [0.3, 0.4) is 0 Å². The van der Waals surface area contributed by atoms with Crippen LogP contribution in [0.4, 0.5) is 5.13 Å². The second kappa shape index (κ2) is 15.4. The number of aromatic nitrogens is 2. The molecule has 1 aromatic heterocycles. The average Bonchev–Trinajstić information content (AvgIpc) is 3.33. The van der Waals surface area contributed by atoms with Gasteiger partial charge in [-0.2, -0.15) is 14.8 Å². The molecule has 0 aliphatic rings. The van der Waals surface area contributed by atoms with Crippen LogP contribution in [0.2, 0.25) is 0 Å². The van der Waals surface area contributed by atoms with Crippen LogP contribution in [-0.2, 0) is 6.42 Å². The number of hydrogen-bond donors (Lipinski definition) is 2. The third-order valence-electron chi connectivity index (χ3n) is 5.71. The molecule has 3 aromatic rings. The van der Waals surface area contributed by atoms with Gasteiger partial charge in [0.15, 0.2) is 12.6 Å². The highest BCUT2D eigenvalue weighted by Gasteiger charge is 2.05. The van der Waals surface area contributed by atoms with Crippen LogP contribution in [-0.4, -0.2) is 16.1 Å². The van der Waals surface area contributed by atoms with E-state index in [9.17, 15) is 0 Å². The van der Waals surface area contributed by atoms with E-state index in [-0.39, 0.29) is 0 Å². The van der Waals surface area contributed by atoms with Crippen LogP contribution in [0.1, 0.15) is 76.7 Å². The summed E-state index contributed by atoms with van der Waals surface area (Å²) >= 11 is 1.32. The Balaban J connectivity index is 1.23. The number of hydrazine groups is 1. The van der Waals surface area contributed by atoms with Gasteiger partial charge in [-0.25, -0.2) is 0 Å². The Bertz CT molecular complexity index is 883.